The molecule has 0 spiro atoms. The van der Waals surface area contributed by atoms with Gasteiger partial charge >= 0.3 is 5.97 Å². The Morgan fingerprint density at radius 1 is 1.21 bits per heavy atom. The molecule has 0 fully saturated rings. The number of aryl methyl sites for hydroxylation is 2. The van der Waals surface area contributed by atoms with Crippen molar-refractivity contribution in [2.45, 2.75) is 13.8 Å². The molecule has 0 aliphatic heterocycles. The molecule has 0 unspecified atom stereocenters. The maximum atomic E-state index is 11.6. The van der Waals surface area contributed by atoms with E-state index in [1.165, 1.54) is 18.6 Å². The van der Waals surface area contributed by atoms with Gasteiger partial charge in [-0.05, 0) is 25.5 Å². The zero-order chi connectivity index (χ0) is 17.4. The molecule has 0 bridgehead atoms. The largest absolute Gasteiger partial charge is 0.491 e. The normalized spacial score (nSPS) is 10.1. The minimum Gasteiger partial charge on any atom is -0.491 e. The van der Waals surface area contributed by atoms with E-state index in [4.69, 9.17) is 9.47 Å². The van der Waals surface area contributed by atoms with Gasteiger partial charge in [-0.2, -0.15) is 0 Å². The van der Waals surface area contributed by atoms with Gasteiger partial charge in [-0.15, -0.1) is 0 Å². The summed E-state index contributed by atoms with van der Waals surface area (Å²) in [6, 6.07) is 5.89. The van der Waals surface area contributed by atoms with Crippen LogP contribution in [-0.2, 0) is 9.53 Å². The summed E-state index contributed by atoms with van der Waals surface area (Å²) < 4.78 is 10.4. The van der Waals surface area contributed by atoms with E-state index in [1.807, 2.05) is 32.0 Å². The third-order valence-corrected chi connectivity index (χ3v) is 3.12. The molecule has 24 heavy (non-hydrogen) atoms. The standard InChI is InChI=1S/C17H19N3O4/c1-12-3-4-15(13(2)9-12)23-8-7-20-16(21)11-24-17(22)14-10-18-5-6-19-14/h3-6,9-10H,7-8,11H2,1-2H3,(H,20,21). The van der Waals surface area contributed by atoms with Crippen LogP contribution in [-0.4, -0.2) is 41.6 Å². The average Bonchev–Trinajstić information content (AvgIpc) is 2.59. The SMILES string of the molecule is Cc1ccc(OCCNC(=O)COC(=O)c2cnccn2)c(C)c1. The van der Waals surface area contributed by atoms with Crippen LogP contribution < -0.4 is 10.1 Å². The lowest BCUT2D eigenvalue weighted by Crippen LogP contribution is -2.32. The Hall–Kier alpha value is -2.96. The van der Waals surface area contributed by atoms with Gasteiger partial charge in [-0.3, -0.25) is 9.78 Å². The smallest absolute Gasteiger partial charge is 0.359 e. The molecule has 0 radical (unpaired) electrons. The van der Waals surface area contributed by atoms with Crippen LogP contribution in [0.2, 0.25) is 0 Å². The number of rotatable bonds is 7. The first-order chi connectivity index (χ1) is 11.6. The number of aromatic nitrogens is 2. The number of ether oxygens (including phenoxy) is 2. The average molecular weight is 329 g/mol. The lowest BCUT2D eigenvalue weighted by atomic mass is 10.1. The van der Waals surface area contributed by atoms with Gasteiger partial charge in [-0.25, -0.2) is 9.78 Å². The Balaban J connectivity index is 1.65. The van der Waals surface area contributed by atoms with Gasteiger partial charge in [0.1, 0.15) is 12.4 Å². The summed E-state index contributed by atoms with van der Waals surface area (Å²) in [5.41, 5.74) is 2.26. The lowest BCUT2D eigenvalue weighted by Gasteiger charge is -2.10. The van der Waals surface area contributed by atoms with Crippen LogP contribution in [0.5, 0.6) is 5.75 Å². The molecular formula is C17H19N3O4. The van der Waals surface area contributed by atoms with Crippen molar-refractivity contribution in [3.05, 3.63) is 53.6 Å². The first-order valence-corrected chi connectivity index (χ1v) is 7.46. The molecule has 1 aromatic heterocycles. The fourth-order valence-corrected chi connectivity index (χ4v) is 1.97. The molecule has 0 atom stereocenters. The van der Waals surface area contributed by atoms with Crippen molar-refractivity contribution in [3.63, 3.8) is 0 Å². The zero-order valence-corrected chi connectivity index (χ0v) is 13.6. The van der Waals surface area contributed by atoms with Crippen LogP contribution >= 0.6 is 0 Å². The molecule has 1 heterocycles. The van der Waals surface area contributed by atoms with Crippen LogP contribution in [0.3, 0.4) is 0 Å². The number of hydrogen-bond acceptors (Lipinski definition) is 6. The first-order valence-electron chi connectivity index (χ1n) is 7.46. The maximum Gasteiger partial charge on any atom is 0.359 e. The summed E-state index contributed by atoms with van der Waals surface area (Å²) in [4.78, 5) is 30.8. The second-order valence-corrected chi connectivity index (χ2v) is 5.13. The molecule has 1 amide bonds. The van der Waals surface area contributed by atoms with E-state index in [1.54, 1.807) is 0 Å². The summed E-state index contributed by atoms with van der Waals surface area (Å²) in [5.74, 6) is -0.315. The monoisotopic (exact) mass is 329 g/mol. The molecule has 0 saturated carbocycles. The fraction of sp³-hybridized carbons (Fsp3) is 0.294. The van der Waals surface area contributed by atoms with Gasteiger partial charge in [0.05, 0.1) is 12.7 Å². The molecule has 7 nitrogen and oxygen atoms in total. The molecule has 2 aromatic rings. The molecule has 0 aliphatic carbocycles. The number of amides is 1. The van der Waals surface area contributed by atoms with Gasteiger partial charge in [0.25, 0.3) is 5.91 Å². The van der Waals surface area contributed by atoms with E-state index < -0.39 is 11.9 Å². The van der Waals surface area contributed by atoms with Crippen LogP contribution in [0.15, 0.2) is 36.8 Å². The summed E-state index contributed by atoms with van der Waals surface area (Å²) in [5, 5.41) is 2.61. The van der Waals surface area contributed by atoms with E-state index in [-0.39, 0.29) is 12.3 Å². The third kappa shape index (κ3) is 5.35. The number of carbonyl (C=O) groups is 2. The molecule has 1 N–H and O–H groups in total. The van der Waals surface area contributed by atoms with Gasteiger partial charge in [-0.1, -0.05) is 17.7 Å². The van der Waals surface area contributed by atoms with Gasteiger partial charge in [0.15, 0.2) is 12.3 Å². The van der Waals surface area contributed by atoms with Crippen molar-refractivity contribution in [2.24, 2.45) is 0 Å². The third-order valence-electron chi connectivity index (χ3n) is 3.12. The second kappa shape index (κ2) is 8.61. The molecule has 7 heteroatoms. The summed E-state index contributed by atoms with van der Waals surface area (Å²) in [7, 11) is 0. The van der Waals surface area contributed by atoms with E-state index in [2.05, 4.69) is 15.3 Å². The Morgan fingerprint density at radius 3 is 2.75 bits per heavy atom. The van der Waals surface area contributed by atoms with E-state index in [9.17, 15) is 9.59 Å². The van der Waals surface area contributed by atoms with Crippen LogP contribution in [0.4, 0.5) is 0 Å². The Morgan fingerprint density at radius 2 is 2.04 bits per heavy atom. The second-order valence-electron chi connectivity index (χ2n) is 5.13. The van der Waals surface area contributed by atoms with Gasteiger partial charge < -0.3 is 14.8 Å². The van der Waals surface area contributed by atoms with E-state index in [0.29, 0.717) is 13.2 Å². The van der Waals surface area contributed by atoms with Crippen molar-refractivity contribution < 1.29 is 19.1 Å². The minimum atomic E-state index is -0.690. The molecule has 1 aromatic carbocycles. The first kappa shape index (κ1) is 17.4. The molecule has 2 rings (SSSR count). The van der Waals surface area contributed by atoms with E-state index in [0.717, 1.165) is 16.9 Å². The number of hydrogen-bond donors (Lipinski definition) is 1. The van der Waals surface area contributed by atoms with Crippen LogP contribution in [0.1, 0.15) is 21.6 Å². The van der Waals surface area contributed by atoms with Gasteiger partial charge in [0, 0.05) is 12.4 Å². The van der Waals surface area contributed by atoms with E-state index >= 15 is 0 Å². The topological polar surface area (TPSA) is 90.4 Å². The van der Waals surface area contributed by atoms with Crippen molar-refractivity contribution in [3.8, 4) is 5.75 Å². The molecule has 0 saturated heterocycles. The number of carbonyl (C=O) groups excluding carboxylic acids is 2. The number of esters is 1. The fourth-order valence-electron chi connectivity index (χ4n) is 1.97. The quantitative estimate of drug-likeness (QED) is 0.611. The highest BCUT2D eigenvalue weighted by molar-refractivity contribution is 5.89. The Kier molecular flexibility index (Phi) is 6.24. The Bertz CT molecular complexity index is 704. The molecule has 0 aliphatic rings. The highest BCUT2D eigenvalue weighted by Gasteiger charge is 2.11. The predicted molar refractivity (Wildman–Crippen MR) is 86.7 cm³/mol. The molecular weight excluding hydrogens is 310 g/mol. The summed E-state index contributed by atoms with van der Waals surface area (Å²) in [6.45, 7) is 4.24. The van der Waals surface area contributed by atoms with Crippen molar-refractivity contribution in [1.29, 1.82) is 0 Å². The predicted octanol–water partition coefficient (Wildman–Crippen LogP) is 1.45. The summed E-state index contributed by atoms with van der Waals surface area (Å²) in [6.07, 6.45) is 4.10. The van der Waals surface area contributed by atoms with Crippen molar-refractivity contribution >= 4 is 11.9 Å². The highest BCUT2D eigenvalue weighted by Crippen LogP contribution is 2.18. The zero-order valence-electron chi connectivity index (χ0n) is 13.6. The number of nitrogens with one attached hydrogen (secondary N) is 1. The molecule has 126 valence electrons. The lowest BCUT2D eigenvalue weighted by molar-refractivity contribution is -0.124. The van der Waals surface area contributed by atoms with Crippen molar-refractivity contribution in [1.82, 2.24) is 15.3 Å². The van der Waals surface area contributed by atoms with Crippen LogP contribution in [0.25, 0.3) is 0 Å². The number of benzene rings is 1. The minimum absolute atomic E-state index is 0.0588. The highest BCUT2D eigenvalue weighted by atomic mass is 16.5. The maximum absolute atomic E-state index is 11.6. The van der Waals surface area contributed by atoms with Gasteiger partial charge in [0.2, 0.25) is 0 Å². The van der Waals surface area contributed by atoms with Crippen LogP contribution in [0, 0.1) is 13.8 Å². The van der Waals surface area contributed by atoms with Crippen molar-refractivity contribution in [2.75, 3.05) is 19.8 Å². The Labute approximate surface area is 140 Å². The number of nitrogens with zero attached hydrogens (tertiary/aromatic N) is 2. The summed E-state index contributed by atoms with van der Waals surface area (Å²) >= 11 is 0.